The molecule has 1 saturated heterocycles. The molecule has 0 unspecified atom stereocenters. The number of hydrogen-bond acceptors (Lipinski definition) is 6. The molecule has 0 saturated carbocycles. The Morgan fingerprint density at radius 1 is 1.00 bits per heavy atom. The minimum absolute atomic E-state index is 0.628. The van der Waals surface area contributed by atoms with Gasteiger partial charge in [0.2, 0.25) is 5.75 Å². The lowest BCUT2D eigenvalue weighted by Gasteiger charge is -2.36. The van der Waals surface area contributed by atoms with Crippen LogP contribution in [0.25, 0.3) is 0 Å². The van der Waals surface area contributed by atoms with E-state index in [1.54, 1.807) is 28.4 Å². The Balaban J connectivity index is 1.96. The molecular weight excluding hydrogens is 372 g/mol. The summed E-state index contributed by atoms with van der Waals surface area (Å²) in [6.07, 6.45) is 0.937. The van der Waals surface area contributed by atoms with Crippen LogP contribution in [0.2, 0.25) is 0 Å². The van der Waals surface area contributed by atoms with E-state index >= 15 is 0 Å². The molecule has 164 valence electrons. The first-order chi connectivity index (χ1) is 14.2. The zero-order valence-electron chi connectivity index (χ0n) is 18.5. The molecule has 1 heterocycles. The van der Waals surface area contributed by atoms with Crippen molar-refractivity contribution >= 4 is 5.96 Å². The number of nitrogens with one attached hydrogen (secondary N) is 1. The average Bonchev–Trinajstić information content (AvgIpc) is 2.75. The predicted octanol–water partition coefficient (Wildman–Crippen LogP) is 1.83. The number of nitrogens with zero attached hydrogens (tertiary/aromatic N) is 3. The van der Waals surface area contributed by atoms with Crippen LogP contribution < -0.4 is 19.5 Å². The molecule has 8 heteroatoms. The Hall–Kier alpha value is -2.19. The third kappa shape index (κ3) is 6.68. The third-order valence-corrected chi connectivity index (χ3v) is 4.91. The van der Waals surface area contributed by atoms with E-state index in [1.165, 1.54) is 0 Å². The standard InChI is InChI=1S/C21H36N4O4/c1-6-22-21(23-8-7-13-26-2)25-11-9-24(10-12-25)16-17-14-18(27-3)20(29-5)19(15-17)28-4/h14-15H,6-13,16H2,1-5H3,(H,22,23). The molecule has 1 aromatic rings. The van der Waals surface area contributed by atoms with Crippen LogP contribution in [0.15, 0.2) is 17.1 Å². The molecule has 1 aromatic carbocycles. The van der Waals surface area contributed by atoms with Gasteiger partial charge >= 0.3 is 0 Å². The van der Waals surface area contributed by atoms with Gasteiger partial charge in [-0.15, -0.1) is 0 Å². The van der Waals surface area contributed by atoms with Crippen LogP contribution in [0, 0.1) is 0 Å². The molecule has 0 atom stereocenters. The summed E-state index contributed by atoms with van der Waals surface area (Å²) in [5.74, 6) is 3.01. The van der Waals surface area contributed by atoms with Gasteiger partial charge in [0, 0.05) is 59.5 Å². The zero-order chi connectivity index (χ0) is 21.1. The lowest BCUT2D eigenvalue weighted by Crippen LogP contribution is -2.52. The quantitative estimate of drug-likeness (QED) is 0.360. The normalized spacial score (nSPS) is 15.3. The Labute approximate surface area is 174 Å². The highest BCUT2D eigenvalue weighted by atomic mass is 16.5. The maximum Gasteiger partial charge on any atom is 0.203 e. The van der Waals surface area contributed by atoms with Crippen molar-refractivity contribution in [3.63, 3.8) is 0 Å². The molecule has 1 fully saturated rings. The molecule has 0 bridgehead atoms. The highest BCUT2D eigenvalue weighted by Crippen LogP contribution is 2.38. The summed E-state index contributed by atoms with van der Waals surface area (Å²) in [5.41, 5.74) is 1.15. The summed E-state index contributed by atoms with van der Waals surface area (Å²) >= 11 is 0. The number of benzene rings is 1. The Bertz CT molecular complexity index is 621. The summed E-state index contributed by atoms with van der Waals surface area (Å²) in [4.78, 5) is 9.51. The van der Waals surface area contributed by atoms with E-state index in [4.69, 9.17) is 23.9 Å². The molecule has 1 N–H and O–H groups in total. The minimum atomic E-state index is 0.628. The van der Waals surface area contributed by atoms with Crippen LogP contribution in [0.1, 0.15) is 18.9 Å². The number of rotatable bonds is 10. The van der Waals surface area contributed by atoms with Gasteiger partial charge in [-0.25, -0.2) is 0 Å². The van der Waals surface area contributed by atoms with Gasteiger partial charge in [-0.2, -0.15) is 0 Å². The van der Waals surface area contributed by atoms with E-state index in [2.05, 4.69) is 22.0 Å². The molecule has 0 radical (unpaired) electrons. The van der Waals surface area contributed by atoms with Crippen molar-refractivity contribution in [2.45, 2.75) is 19.9 Å². The summed E-state index contributed by atoms with van der Waals surface area (Å²) < 4.78 is 21.5. The van der Waals surface area contributed by atoms with Gasteiger partial charge in [-0.05, 0) is 31.0 Å². The summed E-state index contributed by atoms with van der Waals surface area (Å²) in [6.45, 7) is 9.17. The second kappa shape index (κ2) is 12.4. The molecule has 0 aliphatic carbocycles. The maximum atomic E-state index is 5.47. The largest absolute Gasteiger partial charge is 0.493 e. The van der Waals surface area contributed by atoms with Crippen molar-refractivity contribution in [3.05, 3.63) is 17.7 Å². The van der Waals surface area contributed by atoms with E-state index in [9.17, 15) is 0 Å². The van der Waals surface area contributed by atoms with Crippen LogP contribution >= 0.6 is 0 Å². The van der Waals surface area contributed by atoms with Gasteiger partial charge in [0.15, 0.2) is 17.5 Å². The fraction of sp³-hybridized carbons (Fsp3) is 0.667. The maximum absolute atomic E-state index is 5.47. The van der Waals surface area contributed by atoms with E-state index in [0.29, 0.717) is 17.2 Å². The molecule has 1 aliphatic rings. The van der Waals surface area contributed by atoms with E-state index < -0.39 is 0 Å². The Morgan fingerprint density at radius 3 is 2.17 bits per heavy atom. The number of piperazine rings is 1. The topological polar surface area (TPSA) is 67.8 Å². The van der Waals surface area contributed by atoms with Gasteiger partial charge in [-0.3, -0.25) is 9.89 Å². The van der Waals surface area contributed by atoms with Crippen molar-refractivity contribution in [1.82, 2.24) is 15.1 Å². The molecule has 0 aromatic heterocycles. The number of hydrogen-bond donors (Lipinski definition) is 1. The van der Waals surface area contributed by atoms with Crippen molar-refractivity contribution in [1.29, 1.82) is 0 Å². The monoisotopic (exact) mass is 408 g/mol. The number of methoxy groups -OCH3 is 4. The molecule has 2 rings (SSSR count). The predicted molar refractivity (Wildman–Crippen MR) is 115 cm³/mol. The molecule has 0 spiro atoms. The highest BCUT2D eigenvalue weighted by molar-refractivity contribution is 5.80. The van der Waals surface area contributed by atoms with Gasteiger partial charge in [0.05, 0.1) is 21.3 Å². The van der Waals surface area contributed by atoms with E-state index in [1.807, 2.05) is 12.1 Å². The number of aliphatic imine (C=N–C) groups is 1. The van der Waals surface area contributed by atoms with Gasteiger partial charge in [0.1, 0.15) is 0 Å². The first kappa shape index (κ1) is 23.1. The van der Waals surface area contributed by atoms with Crippen LogP contribution in [-0.2, 0) is 11.3 Å². The van der Waals surface area contributed by atoms with Crippen molar-refractivity contribution in [3.8, 4) is 17.2 Å². The third-order valence-electron chi connectivity index (χ3n) is 4.91. The second-order valence-electron chi connectivity index (χ2n) is 6.88. The fourth-order valence-electron chi connectivity index (χ4n) is 3.42. The molecular formula is C21H36N4O4. The smallest absolute Gasteiger partial charge is 0.203 e. The average molecular weight is 409 g/mol. The summed E-state index contributed by atoms with van der Waals surface area (Å²) in [7, 11) is 6.64. The van der Waals surface area contributed by atoms with Crippen molar-refractivity contribution in [2.75, 3.05) is 74.3 Å². The summed E-state index contributed by atoms with van der Waals surface area (Å²) in [5, 5.41) is 3.41. The van der Waals surface area contributed by atoms with Crippen molar-refractivity contribution in [2.24, 2.45) is 4.99 Å². The van der Waals surface area contributed by atoms with Gasteiger partial charge < -0.3 is 29.2 Å². The summed E-state index contributed by atoms with van der Waals surface area (Å²) in [6, 6.07) is 4.05. The lowest BCUT2D eigenvalue weighted by atomic mass is 10.1. The highest BCUT2D eigenvalue weighted by Gasteiger charge is 2.21. The van der Waals surface area contributed by atoms with Crippen LogP contribution in [0.3, 0.4) is 0 Å². The first-order valence-electron chi connectivity index (χ1n) is 10.2. The second-order valence-corrected chi connectivity index (χ2v) is 6.88. The lowest BCUT2D eigenvalue weighted by molar-refractivity contribution is 0.171. The van der Waals surface area contributed by atoms with Gasteiger partial charge in [-0.1, -0.05) is 0 Å². The number of guanidine groups is 1. The minimum Gasteiger partial charge on any atom is -0.493 e. The molecule has 1 aliphatic heterocycles. The molecule has 8 nitrogen and oxygen atoms in total. The van der Waals surface area contributed by atoms with Crippen LogP contribution in [0.4, 0.5) is 0 Å². The first-order valence-corrected chi connectivity index (χ1v) is 10.2. The van der Waals surface area contributed by atoms with Gasteiger partial charge in [0.25, 0.3) is 0 Å². The SMILES string of the molecule is CCNC(=NCCCOC)N1CCN(Cc2cc(OC)c(OC)c(OC)c2)CC1. The van der Waals surface area contributed by atoms with Crippen LogP contribution in [-0.4, -0.2) is 90.1 Å². The molecule has 0 amide bonds. The Kier molecular flexibility index (Phi) is 9.87. The fourth-order valence-corrected chi connectivity index (χ4v) is 3.42. The number of ether oxygens (including phenoxy) is 4. The van der Waals surface area contributed by atoms with E-state index in [0.717, 1.165) is 70.4 Å². The van der Waals surface area contributed by atoms with E-state index in [-0.39, 0.29) is 0 Å². The van der Waals surface area contributed by atoms with Crippen LogP contribution in [0.5, 0.6) is 17.2 Å². The Morgan fingerprint density at radius 2 is 1.66 bits per heavy atom. The zero-order valence-corrected chi connectivity index (χ0v) is 18.5. The van der Waals surface area contributed by atoms with Crippen molar-refractivity contribution < 1.29 is 18.9 Å². The molecule has 29 heavy (non-hydrogen) atoms.